The lowest BCUT2D eigenvalue weighted by molar-refractivity contribution is -0.124. The highest BCUT2D eigenvalue weighted by atomic mass is 19.1. The lowest BCUT2D eigenvalue weighted by Gasteiger charge is -2.18. The minimum Gasteiger partial charge on any atom is -0.375 e. The molecule has 2 unspecified atom stereocenters. The Hall–Kier alpha value is -0.640. The molecule has 1 amide bonds. The number of hydrogen-bond donors (Lipinski definition) is 1. The van der Waals surface area contributed by atoms with Crippen LogP contribution in [0.3, 0.4) is 0 Å². The molecular weight excluding hydrogens is 209 g/mol. The molecule has 0 radical (unpaired) electrons. The average Bonchev–Trinajstić information content (AvgIpc) is 2.21. The maximum atomic E-state index is 13.3. The first-order valence-electron chi connectivity index (χ1n) is 5.88. The Kier molecular flexibility index (Phi) is 7.30. The van der Waals surface area contributed by atoms with Crippen molar-refractivity contribution in [1.82, 2.24) is 5.32 Å². The molecule has 96 valence electrons. The van der Waals surface area contributed by atoms with Crippen molar-refractivity contribution in [1.29, 1.82) is 0 Å². The summed E-state index contributed by atoms with van der Waals surface area (Å²) in [5.41, 5.74) is 0. The van der Waals surface area contributed by atoms with Crippen LogP contribution in [0.2, 0.25) is 0 Å². The van der Waals surface area contributed by atoms with Crippen LogP contribution in [0.5, 0.6) is 0 Å². The molecule has 0 saturated carbocycles. The summed E-state index contributed by atoms with van der Waals surface area (Å²) in [4.78, 5) is 11.2. The van der Waals surface area contributed by atoms with E-state index in [1.807, 2.05) is 20.8 Å². The van der Waals surface area contributed by atoms with Crippen molar-refractivity contribution in [3.8, 4) is 0 Å². The predicted molar refractivity (Wildman–Crippen MR) is 63.0 cm³/mol. The molecule has 0 aliphatic carbocycles. The van der Waals surface area contributed by atoms with E-state index in [4.69, 9.17) is 4.74 Å². The molecule has 0 aromatic rings. The Morgan fingerprint density at radius 1 is 1.25 bits per heavy atom. The SMILES string of the molecule is CC(C)C(=O)NCC(F)COC(C)C(C)C. The fourth-order valence-electron chi connectivity index (χ4n) is 0.923. The van der Waals surface area contributed by atoms with E-state index in [2.05, 4.69) is 5.32 Å². The van der Waals surface area contributed by atoms with Crippen molar-refractivity contribution < 1.29 is 13.9 Å². The first-order chi connectivity index (χ1) is 7.34. The Morgan fingerprint density at radius 3 is 2.25 bits per heavy atom. The zero-order valence-electron chi connectivity index (χ0n) is 10.9. The van der Waals surface area contributed by atoms with Crippen molar-refractivity contribution in [3.05, 3.63) is 0 Å². The molecule has 3 nitrogen and oxygen atoms in total. The Balaban J connectivity index is 3.67. The van der Waals surface area contributed by atoms with E-state index in [1.54, 1.807) is 13.8 Å². The standard InChI is InChI=1S/C12H24FNO2/c1-8(2)10(5)16-7-11(13)6-14-12(15)9(3)4/h8-11H,6-7H2,1-5H3,(H,14,15). The van der Waals surface area contributed by atoms with Crippen LogP contribution >= 0.6 is 0 Å². The number of rotatable bonds is 7. The minimum absolute atomic E-state index is 0.0296. The van der Waals surface area contributed by atoms with Crippen molar-refractivity contribution >= 4 is 5.91 Å². The Labute approximate surface area is 97.7 Å². The predicted octanol–water partition coefficient (Wildman–Crippen LogP) is 2.16. The highest BCUT2D eigenvalue weighted by molar-refractivity contribution is 5.77. The van der Waals surface area contributed by atoms with E-state index >= 15 is 0 Å². The summed E-state index contributed by atoms with van der Waals surface area (Å²) in [6.07, 6.45) is -1.09. The lowest BCUT2D eigenvalue weighted by atomic mass is 10.1. The number of halogens is 1. The van der Waals surface area contributed by atoms with Crippen LogP contribution in [-0.2, 0) is 9.53 Å². The van der Waals surface area contributed by atoms with E-state index < -0.39 is 6.17 Å². The summed E-state index contributed by atoms with van der Waals surface area (Å²) in [6, 6.07) is 0. The van der Waals surface area contributed by atoms with Gasteiger partial charge in [0.05, 0.1) is 19.3 Å². The number of ether oxygens (including phenoxy) is 1. The second-order valence-corrected chi connectivity index (χ2v) is 4.78. The number of hydrogen-bond acceptors (Lipinski definition) is 2. The van der Waals surface area contributed by atoms with Gasteiger partial charge in [-0.3, -0.25) is 4.79 Å². The van der Waals surface area contributed by atoms with Crippen molar-refractivity contribution in [3.63, 3.8) is 0 Å². The molecular formula is C12H24FNO2. The highest BCUT2D eigenvalue weighted by Crippen LogP contribution is 2.06. The molecule has 0 aromatic carbocycles. The van der Waals surface area contributed by atoms with Gasteiger partial charge in [-0.25, -0.2) is 4.39 Å². The normalized spacial score (nSPS) is 15.2. The van der Waals surface area contributed by atoms with Crippen LogP contribution in [0.25, 0.3) is 0 Å². The van der Waals surface area contributed by atoms with Gasteiger partial charge in [0.15, 0.2) is 0 Å². The number of alkyl halides is 1. The molecule has 0 bridgehead atoms. The molecule has 0 fully saturated rings. The van der Waals surface area contributed by atoms with E-state index in [1.165, 1.54) is 0 Å². The first kappa shape index (κ1) is 15.4. The molecule has 0 spiro atoms. The van der Waals surface area contributed by atoms with Crippen LogP contribution in [0, 0.1) is 11.8 Å². The smallest absolute Gasteiger partial charge is 0.222 e. The highest BCUT2D eigenvalue weighted by Gasteiger charge is 2.14. The third kappa shape index (κ3) is 6.77. The third-order valence-corrected chi connectivity index (χ3v) is 2.50. The van der Waals surface area contributed by atoms with Crippen LogP contribution in [0.15, 0.2) is 0 Å². The molecule has 0 saturated heterocycles. The summed E-state index contributed by atoms with van der Waals surface area (Å²) in [5.74, 6) is 0.139. The van der Waals surface area contributed by atoms with Crippen molar-refractivity contribution in [2.24, 2.45) is 11.8 Å². The van der Waals surface area contributed by atoms with Gasteiger partial charge >= 0.3 is 0 Å². The Bertz CT molecular complexity index is 207. The molecule has 0 aliphatic heterocycles. The van der Waals surface area contributed by atoms with Gasteiger partial charge < -0.3 is 10.1 Å². The van der Waals surface area contributed by atoms with Gasteiger partial charge in [-0.15, -0.1) is 0 Å². The molecule has 4 heteroatoms. The lowest BCUT2D eigenvalue weighted by Crippen LogP contribution is -2.35. The Morgan fingerprint density at radius 2 is 1.81 bits per heavy atom. The number of carbonyl (C=O) groups is 1. The van der Waals surface area contributed by atoms with Gasteiger partial charge in [0.25, 0.3) is 0 Å². The van der Waals surface area contributed by atoms with E-state index in [9.17, 15) is 9.18 Å². The fraction of sp³-hybridized carbons (Fsp3) is 0.917. The topological polar surface area (TPSA) is 38.3 Å². The zero-order valence-corrected chi connectivity index (χ0v) is 10.9. The summed E-state index contributed by atoms with van der Waals surface area (Å²) in [6.45, 7) is 9.60. The quantitative estimate of drug-likeness (QED) is 0.731. The molecule has 0 aromatic heterocycles. The van der Waals surface area contributed by atoms with Gasteiger partial charge in [-0.05, 0) is 12.8 Å². The monoisotopic (exact) mass is 233 g/mol. The molecule has 1 N–H and O–H groups in total. The zero-order chi connectivity index (χ0) is 12.7. The van der Waals surface area contributed by atoms with Crippen LogP contribution in [-0.4, -0.2) is 31.3 Å². The third-order valence-electron chi connectivity index (χ3n) is 2.50. The van der Waals surface area contributed by atoms with E-state index in [0.29, 0.717) is 5.92 Å². The van der Waals surface area contributed by atoms with Gasteiger partial charge in [-0.1, -0.05) is 27.7 Å². The largest absolute Gasteiger partial charge is 0.375 e. The second kappa shape index (κ2) is 7.60. The van der Waals surface area contributed by atoms with E-state index in [0.717, 1.165) is 0 Å². The number of nitrogens with one attached hydrogen (secondary N) is 1. The van der Waals surface area contributed by atoms with Gasteiger partial charge in [-0.2, -0.15) is 0 Å². The average molecular weight is 233 g/mol. The summed E-state index contributed by atoms with van der Waals surface area (Å²) in [7, 11) is 0. The molecule has 0 rings (SSSR count). The van der Waals surface area contributed by atoms with E-state index in [-0.39, 0.29) is 31.1 Å². The van der Waals surface area contributed by atoms with Gasteiger partial charge in [0.1, 0.15) is 6.17 Å². The maximum absolute atomic E-state index is 13.3. The molecule has 16 heavy (non-hydrogen) atoms. The summed E-state index contributed by atoms with van der Waals surface area (Å²) < 4.78 is 18.6. The van der Waals surface area contributed by atoms with Gasteiger partial charge in [0, 0.05) is 5.92 Å². The van der Waals surface area contributed by atoms with Crippen LogP contribution < -0.4 is 5.32 Å². The first-order valence-corrected chi connectivity index (χ1v) is 5.88. The van der Waals surface area contributed by atoms with Gasteiger partial charge in [0.2, 0.25) is 5.91 Å². The molecule has 0 heterocycles. The van der Waals surface area contributed by atoms with Crippen LogP contribution in [0.4, 0.5) is 4.39 Å². The maximum Gasteiger partial charge on any atom is 0.222 e. The van der Waals surface area contributed by atoms with Crippen molar-refractivity contribution in [2.75, 3.05) is 13.2 Å². The summed E-state index contributed by atoms with van der Waals surface area (Å²) >= 11 is 0. The fourth-order valence-corrected chi connectivity index (χ4v) is 0.923. The second-order valence-electron chi connectivity index (χ2n) is 4.78. The van der Waals surface area contributed by atoms with Crippen molar-refractivity contribution in [2.45, 2.75) is 46.9 Å². The molecule has 0 aliphatic rings. The minimum atomic E-state index is -1.14. The number of amides is 1. The number of carbonyl (C=O) groups excluding carboxylic acids is 1. The van der Waals surface area contributed by atoms with Crippen LogP contribution in [0.1, 0.15) is 34.6 Å². The molecule has 2 atom stereocenters. The summed E-state index contributed by atoms with van der Waals surface area (Å²) in [5, 5.41) is 2.54.